The van der Waals surface area contributed by atoms with Gasteiger partial charge in [-0.1, -0.05) is 158 Å². The van der Waals surface area contributed by atoms with Crippen LogP contribution in [0.3, 0.4) is 0 Å². The minimum Gasteiger partial charge on any atom is -0.0622 e. The summed E-state index contributed by atoms with van der Waals surface area (Å²) in [6.07, 6.45) is 3.03. The first-order valence-electron chi connectivity index (χ1n) is 15.1. The maximum Gasteiger partial charge on any atom is 0.00130 e. The molecule has 0 aliphatic rings. The summed E-state index contributed by atoms with van der Waals surface area (Å²) in [4.78, 5) is 0. The Hall–Kier alpha value is -3.82. The van der Waals surface area contributed by atoms with Crippen molar-refractivity contribution in [2.45, 2.75) is 32.6 Å². The van der Waals surface area contributed by atoms with Crippen LogP contribution in [-0.4, -0.2) is 0 Å². The second-order valence-electron chi connectivity index (χ2n) is 11.1. The van der Waals surface area contributed by atoms with Crippen LogP contribution in [0, 0.1) is 13.8 Å². The van der Waals surface area contributed by atoms with Crippen LogP contribution < -0.4 is 21.2 Å². The highest BCUT2D eigenvalue weighted by Crippen LogP contribution is 2.45. The van der Waals surface area contributed by atoms with E-state index in [0.717, 1.165) is 18.7 Å². The molecule has 0 heterocycles. The highest BCUT2D eigenvalue weighted by Gasteiger charge is 2.24. The van der Waals surface area contributed by atoms with E-state index in [1.165, 1.54) is 54.6 Å². The summed E-state index contributed by atoms with van der Waals surface area (Å²) < 4.78 is 0. The second kappa shape index (κ2) is 14.1. The third kappa shape index (κ3) is 7.05. The van der Waals surface area contributed by atoms with Crippen LogP contribution in [-0.2, 0) is 18.7 Å². The molecule has 43 heavy (non-hydrogen) atoms. The Bertz CT molecular complexity index is 1540. The van der Waals surface area contributed by atoms with E-state index in [1.54, 1.807) is 0 Å². The molecular weight excluding hydrogens is 554 g/mol. The van der Waals surface area contributed by atoms with Gasteiger partial charge in [0.05, 0.1) is 0 Å². The summed E-state index contributed by atoms with van der Waals surface area (Å²) in [5, 5.41) is 5.75. The van der Waals surface area contributed by atoms with Crippen LogP contribution in [0.1, 0.15) is 33.4 Å². The first-order chi connectivity index (χ1) is 21.2. The Morgan fingerprint density at radius 2 is 0.674 bits per heavy atom. The van der Waals surface area contributed by atoms with Crippen LogP contribution in [0.15, 0.2) is 158 Å². The highest BCUT2D eigenvalue weighted by atomic mass is 31.1. The van der Waals surface area contributed by atoms with Crippen LogP contribution in [0.4, 0.5) is 0 Å². The number of hydrogen-bond donors (Lipinski definition) is 0. The Morgan fingerprint density at radius 3 is 1.00 bits per heavy atom. The largest absolute Gasteiger partial charge is 0.0622 e. The Labute approximate surface area is 260 Å². The van der Waals surface area contributed by atoms with Gasteiger partial charge in [-0.3, -0.25) is 0 Å². The quantitative estimate of drug-likeness (QED) is 0.139. The molecule has 0 bridgehead atoms. The fourth-order valence-electron chi connectivity index (χ4n) is 6.02. The van der Waals surface area contributed by atoms with E-state index in [1.807, 2.05) is 0 Å². The van der Waals surface area contributed by atoms with Crippen molar-refractivity contribution in [2.24, 2.45) is 0 Å². The zero-order valence-electron chi connectivity index (χ0n) is 25.0. The zero-order valence-corrected chi connectivity index (χ0v) is 26.8. The lowest BCUT2D eigenvalue weighted by Gasteiger charge is -2.27. The third-order valence-corrected chi connectivity index (χ3v) is 13.2. The molecule has 0 nitrogen and oxygen atoms in total. The summed E-state index contributed by atoms with van der Waals surface area (Å²) in [7, 11) is -1.12. The SMILES string of the molecule is Cc1cc(C)c(CP(c2ccccc2)c2ccccc2)c(Cc2ccccc2)c1CP(c1ccccc1)c1ccccc1. The van der Waals surface area contributed by atoms with Gasteiger partial charge >= 0.3 is 0 Å². The number of benzene rings is 6. The van der Waals surface area contributed by atoms with Crippen molar-refractivity contribution in [3.63, 3.8) is 0 Å². The van der Waals surface area contributed by atoms with Crippen molar-refractivity contribution >= 4 is 37.1 Å². The summed E-state index contributed by atoms with van der Waals surface area (Å²) in [5.74, 6) is 0. The first kappa shape index (κ1) is 29.3. The lowest BCUT2D eigenvalue weighted by molar-refractivity contribution is 1.06. The fourth-order valence-corrected chi connectivity index (χ4v) is 11.0. The van der Waals surface area contributed by atoms with Crippen molar-refractivity contribution in [3.05, 3.63) is 191 Å². The topological polar surface area (TPSA) is 0 Å². The van der Waals surface area contributed by atoms with Crippen molar-refractivity contribution in [2.75, 3.05) is 0 Å². The standard InChI is InChI=1S/C41H38P2/c1-32-28-33(2)41(31-43(37-24-14-6-15-25-37)38-26-16-7-17-27-38)39(29-34-18-8-3-9-19-34)40(32)30-42(35-20-10-4-11-21-35)36-22-12-5-13-23-36/h3-28H,29-31H2,1-2H3. The van der Waals surface area contributed by atoms with Gasteiger partial charge in [0, 0.05) is 12.3 Å². The molecule has 0 saturated heterocycles. The minimum atomic E-state index is -0.559. The van der Waals surface area contributed by atoms with Gasteiger partial charge in [0.1, 0.15) is 0 Å². The smallest absolute Gasteiger partial charge is 0.00130 e. The third-order valence-electron chi connectivity index (χ3n) is 8.24. The molecule has 0 fully saturated rings. The summed E-state index contributed by atoms with van der Waals surface area (Å²) >= 11 is 0. The normalized spacial score (nSPS) is 11.3. The van der Waals surface area contributed by atoms with Crippen molar-refractivity contribution in [1.29, 1.82) is 0 Å². The van der Waals surface area contributed by atoms with Gasteiger partial charge in [-0.15, -0.1) is 0 Å². The molecule has 6 aromatic rings. The van der Waals surface area contributed by atoms with Gasteiger partial charge in [-0.05, 0) is 90.7 Å². The summed E-state index contributed by atoms with van der Waals surface area (Å²) in [5.41, 5.74) is 8.79. The minimum absolute atomic E-state index is 0.559. The molecule has 0 aromatic heterocycles. The molecule has 0 unspecified atom stereocenters. The molecular formula is C41H38P2. The molecule has 0 atom stereocenters. The number of rotatable bonds is 10. The first-order valence-corrected chi connectivity index (χ1v) is 18.1. The van der Waals surface area contributed by atoms with Gasteiger partial charge < -0.3 is 0 Å². The predicted molar refractivity (Wildman–Crippen MR) is 191 cm³/mol. The molecule has 0 spiro atoms. The highest BCUT2D eigenvalue weighted by molar-refractivity contribution is 7.72. The Kier molecular flexibility index (Phi) is 9.60. The number of aryl methyl sites for hydroxylation is 2. The number of hydrogen-bond acceptors (Lipinski definition) is 0. The summed E-state index contributed by atoms with van der Waals surface area (Å²) in [6, 6.07) is 58.2. The maximum atomic E-state index is 2.46. The zero-order chi connectivity index (χ0) is 29.4. The average molecular weight is 593 g/mol. The van der Waals surface area contributed by atoms with Crippen LogP contribution in [0.5, 0.6) is 0 Å². The molecule has 6 rings (SSSR count). The molecule has 0 radical (unpaired) electrons. The maximum absolute atomic E-state index is 2.46. The van der Waals surface area contributed by atoms with Crippen LogP contribution >= 0.6 is 15.8 Å². The van der Waals surface area contributed by atoms with E-state index in [2.05, 4.69) is 172 Å². The van der Waals surface area contributed by atoms with E-state index in [9.17, 15) is 0 Å². The van der Waals surface area contributed by atoms with Crippen LogP contribution in [0.2, 0.25) is 0 Å². The molecule has 6 aromatic carbocycles. The van der Waals surface area contributed by atoms with Gasteiger partial charge in [-0.25, -0.2) is 0 Å². The molecule has 212 valence electrons. The van der Waals surface area contributed by atoms with E-state index in [0.29, 0.717) is 0 Å². The Balaban J connectivity index is 1.51. The van der Waals surface area contributed by atoms with Gasteiger partial charge in [0.25, 0.3) is 0 Å². The van der Waals surface area contributed by atoms with E-state index in [-0.39, 0.29) is 0 Å². The van der Waals surface area contributed by atoms with Crippen molar-refractivity contribution in [3.8, 4) is 0 Å². The fraction of sp³-hybridized carbons (Fsp3) is 0.122. The van der Waals surface area contributed by atoms with Gasteiger partial charge in [-0.2, -0.15) is 0 Å². The Morgan fingerprint density at radius 1 is 0.372 bits per heavy atom. The average Bonchev–Trinajstić information content (AvgIpc) is 3.06. The monoisotopic (exact) mass is 592 g/mol. The van der Waals surface area contributed by atoms with E-state index < -0.39 is 15.8 Å². The van der Waals surface area contributed by atoms with Crippen molar-refractivity contribution in [1.82, 2.24) is 0 Å². The van der Waals surface area contributed by atoms with E-state index >= 15 is 0 Å². The molecule has 2 heteroatoms. The van der Waals surface area contributed by atoms with Gasteiger partial charge in [0.2, 0.25) is 0 Å². The lowest BCUT2D eigenvalue weighted by Crippen LogP contribution is -2.17. The molecule has 0 amide bonds. The van der Waals surface area contributed by atoms with Crippen molar-refractivity contribution < 1.29 is 0 Å². The predicted octanol–water partition coefficient (Wildman–Crippen LogP) is 9.16. The molecule has 0 aliphatic carbocycles. The van der Waals surface area contributed by atoms with Crippen LogP contribution in [0.25, 0.3) is 0 Å². The lowest BCUT2D eigenvalue weighted by atomic mass is 9.90. The summed E-state index contributed by atoms with van der Waals surface area (Å²) in [6.45, 7) is 4.67. The van der Waals surface area contributed by atoms with Gasteiger partial charge in [0.15, 0.2) is 0 Å². The second-order valence-corrected chi connectivity index (χ2v) is 15.5. The van der Waals surface area contributed by atoms with E-state index in [4.69, 9.17) is 0 Å². The molecule has 0 N–H and O–H groups in total. The molecule has 0 aliphatic heterocycles. The molecule has 0 saturated carbocycles.